The molecule has 2 aliphatic heterocycles. The van der Waals surface area contributed by atoms with Crippen molar-refractivity contribution in [3.8, 4) is 11.5 Å². The number of hydrogen-bond acceptors (Lipinski definition) is 10. The number of aromatic hydroxyl groups is 1. The van der Waals surface area contributed by atoms with Crippen LogP contribution in [0.15, 0.2) is 24.3 Å². The normalized spacial score (nSPS) is 35.1. The molecule has 10 heteroatoms. The van der Waals surface area contributed by atoms with Gasteiger partial charge in [-0.05, 0) is 44.1 Å². The summed E-state index contributed by atoms with van der Waals surface area (Å²) in [6.45, 7) is 0.793. The SMILES string of the molecule is CN1CC[C@]23c4c5ccc(O)c4O[C@H]2[C@@H](OC(=O)[C@@H](O)[C@@H](O)[C@H](O)[C@@H](O)C=O)C=C[C@H]3[C@H]1C5. The fourth-order valence-corrected chi connectivity index (χ4v) is 6.13. The van der Waals surface area contributed by atoms with Crippen molar-refractivity contribution < 1.29 is 44.6 Å². The molecule has 33 heavy (non-hydrogen) atoms. The van der Waals surface area contributed by atoms with Crippen molar-refractivity contribution >= 4 is 12.3 Å². The minimum absolute atomic E-state index is 0.0116. The van der Waals surface area contributed by atoms with Crippen molar-refractivity contribution in [1.82, 2.24) is 4.90 Å². The number of aliphatic hydroxyl groups is 4. The molecule has 5 rings (SSSR count). The van der Waals surface area contributed by atoms with Crippen LogP contribution in [-0.4, -0.2) is 98.9 Å². The van der Waals surface area contributed by atoms with Crippen molar-refractivity contribution in [3.05, 3.63) is 35.4 Å². The zero-order valence-electron chi connectivity index (χ0n) is 17.9. The zero-order chi connectivity index (χ0) is 23.7. The fourth-order valence-electron chi connectivity index (χ4n) is 6.13. The first kappa shape index (κ1) is 22.3. The van der Waals surface area contributed by atoms with Gasteiger partial charge < -0.3 is 44.7 Å². The Hall–Kier alpha value is -2.50. The van der Waals surface area contributed by atoms with Gasteiger partial charge in [0, 0.05) is 22.9 Å². The molecule has 0 aromatic heterocycles. The monoisotopic (exact) mass is 461 g/mol. The molecule has 0 amide bonds. The number of carbonyl (C=O) groups excluding carboxylic acids is 2. The van der Waals surface area contributed by atoms with Crippen LogP contribution < -0.4 is 4.74 Å². The summed E-state index contributed by atoms with van der Waals surface area (Å²) < 4.78 is 11.7. The molecule has 0 radical (unpaired) electrons. The third-order valence-corrected chi connectivity index (χ3v) is 7.79. The number of nitrogens with zero attached hydrogens (tertiary/aromatic N) is 1. The number of phenols is 1. The van der Waals surface area contributed by atoms with Gasteiger partial charge in [0.1, 0.15) is 24.4 Å². The first-order valence-electron chi connectivity index (χ1n) is 11.0. The van der Waals surface area contributed by atoms with Crippen LogP contribution in [-0.2, 0) is 26.2 Å². The number of esters is 1. The average Bonchev–Trinajstić information content (AvgIpc) is 3.17. The molecule has 1 spiro atoms. The van der Waals surface area contributed by atoms with Gasteiger partial charge in [-0.3, -0.25) is 0 Å². The third-order valence-electron chi connectivity index (χ3n) is 7.79. The van der Waals surface area contributed by atoms with Crippen LogP contribution >= 0.6 is 0 Å². The topological polar surface area (TPSA) is 157 Å². The number of benzene rings is 1. The molecule has 2 aliphatic carbocycles. The molecule has 9 atom stereocenters. The first-order valence-corrected chi connectivity index (χ1v) is 11.0. The maximum Gasteiger partial charge on any atom is 0.338 e. The maximum absolute atomic E-state index is 12.6. The van der Waals surface area contributed by atoms with Crippen LogP contribution in [0.3, 0.4) is 0 Å². The van der Waals surface area contributed by atoms with Gasteiger partial charge in [0.15, 0.2) is 30.0 Å². The van der Waals surface area contributed by atoms with Crippen molar-refractivity contribution in [2.24, 2.45) is 5.92 Å². The van der Waals surface area contributed by atoms with Crippen molar-refractivity contribution in [2.75, 3.05) is 13.6 Å². The number of likely N-dealkylation sites (tertiary alicyclic amines) is 1. The smallest absolute Gasteiger partial charge is 0.338 e. The number of rotatable bonds is 6. The van der Waals surface area contributed by atoms with Gasteiger partial charge in [0.2, 0.25) is 0 Å². The fraction of sp³-hybridized carbons (Fsp3) is 0.565. The minimum Gasteiger partial charge on any atom is -0.504 e. The molecular weight excluding hydrogens is 434 g/mol. The summed E-state index contributed by atoms with van der Waals surface area (Å²) >= 11 is 0. The number of carbonyl (C=O) groups is 2. The second-order valence-corrected chi connectivity index (χ2v) is 9.39. The van der Waals surface area contributed by atoms with Crippen LogP contribution in [0.5, 0.6) is 11.5 Å². The lowest BCUT2D eigenvalue weighted by atomic mass is 9.53. The molecule has 1 aromatic rings. The summed E-state index contributed by atoms with van der Waals surface area (Å²) in [4.78, 5) is 25.6. The van der Waals surface area contributed by atoms with Crippen LogP contribution in [0.4, 0.5) is 0 Å². The van der Waals surface area contributed by atoms with E-state index in [9.17, 15) is 35.1 Å². The van der Waals surface area contributed by atoms with E-state index in [4.69, 9.17) is 9.47 Å². The van der Waals surface area contributed by atoms with E-state index in [1.165, 1.54) is 0 Å². The number of piperidine rings is 1. The minimum atomic E-state index is -2.19. The van der Waals surface area contributed by atoms with Gasteiger partial charge in [-0.2, -0.15) is 0 Å². The highest BCUT2D eigenvalue weighted by molar-refractivity contribution is 5.76. The summed E-state index contributed by atoms with van der Waals surface area (Å²) in [6.07, 6.45) is -4.73. The predicted octanol–water partition coefficient (Wildman–Crippen LogP) is -1.61. The molecule has 1 saturated heterocycles. The summed E-state index contributed by atoms with van der Waals surface area (Å²) in [6, 6.07) is 3.73. The van der Waals surface area contributed by atoms with E-state index in [0.717, 1.165) is 24.1 Å². The maximum atomic E-state index is 12.6. The van der Waals surface area contributed by atoms with Crippen molar-refractivity contribution in [3.63, 3.8) is 0 Å². The molecule has 178 valence electrons. The standard InChI is InChI=1S/C23H27NO9/c1-24-7-6-23-11-3-5-15(32-22(31)19(30)18(29)17(28)14(27)9-25)21(23)33-20-13(26)4-2-10(16(20)23)8-12(11)24/h2-5,9,11-12,14-15,17-19,21,26-30H,6-8H2,1H3/t11-,12+,14-,15-,17+,18-,19-,21-,23-/m0/s1. The third kappa shape index (κ3) is 3.05. The molecule has 10 nitrogen and oxygen atoms in total. The van der Waals surface area contributed by atoms with Crippen LogP contribution in [0.2, 0.25) is 0 Å². The molecule has 2 heterocycles. The Morgan fingerprint density at radius 3 is 2.73 bits per heavy atom. The van der Waals surface area contributed by atoms with Gasteiger partial charge in [0.05, 0.1) is 0 Å². The van der Waals surface area contributed by atoms with E-state index in [0.29, 0.717) is 12.2 Å². The molecular formula is C23H27NO9. The molecule has 0 unspecified atom stereocenters. The molecule has 1 fully saturated rings. The molecule has 4 aliphatic rings. The summed E-state index contributed by atoms with van der Waals surface area (Å²) in [5.74, 6) is -0.749. The van der Waals surface area contributed by atoms with Gasteiger partial charge >= 0.3 is 5.97 Å². The highest BCUT2D eigenvalue weighted by Gasteiger charge is 2.65. The van der Waals surface area contributed by atoms with Crippen molar-refractivity contribution in [2.45, 2.75) is 60.9 Å². The Morgan fingerprint density at radius 2 is 2.00 bits per heavy atom. The van der Waals surface area contributed by atoms with Crippen LogP contribution in [0.25, 0.3) is 0 Å². The molecule has 2 bridgehead atoms. The quantitative estimate of drug-likeness (QED) is 0.190. The number of likely N-dealkylation sites (N-methyl/N-ethyl adjacent to an activating group) is 1. The second kappa shape index (κ2) is 7.78. The average molecular weight is 461 g/mol. The van der Waals surface area contributed by atoms with Gasteiger partial charge in [-0.15, -0.1) is 0 Å². The number of hydrogen-bond donors (Lipinski definition) is 5. The van der Waals surface area contributed by atoms with E-state index in [-0.39, 0.29) is 24.0 Å². The predicted molar refractivity (Wildman–Crippen MR) is 112 cm³/mol. The van der Waals surface area contributed by atoms with Crippen LogP contribution in [0.1, 0.15) is 17.5 Å². The van der Waals surface area contributed by atoms with E-state index in [2.05, 4.69) is 11.9 Å². The number of aliphatic hydroxyl groups excluding tert-OH is 4. The lowest BCUT2D eigenvalue weighted by molar-refractivity contribution is -0.178. The van der Waals surface area contributed by atoms with Crippen molar-refractivity contribution in [1.29, 1.82) is 0 Å². The Labute approximate surface area is 189 Å². The van der Waals surface area contributed by atoms with E-state index < -0.39 is 48.0 Å². The summed E-state index contributed by atoms with van der Waals surface area (Å²) in [5, 5.41) is 49.8. The van der Waals surface area contributed by atoms with Gasteiger partial charge in [-0.1, -0.05) is 12.1 Å². The number of ether oxygens (including phenoxy) is 2. The van der Waals surface area contributed by atoms with E-state index in [1.54, 1.807) is 12.1 Å². The Morgan fingerprint density at radius 1 is 1.24 bits per heavy atom. The molecule has 1 aromatic carbocycles. The lowest BCUT2D eigenvalue weighted by Gasteiger charge is -2.56. The van der Waals surface area contributed by atoms with Gasteiger partial charge in [0.25, 0.3) is 0 Å². The lowest BCUT2D eigenvalue weighted by Crippen LogP contribution is -2.65. The Balaban J connectivity index is 1.46. The van der Waals surface area contributed by atoms with E-state index >= 15 is 0 Å². The van der Waals surface area contributed by atoms with E-state index in [1.807, 2.05) is 12.1 Å². The zero-order valence-corrected chi connectivity index (χ0v) is 17.9. The highest BCUT2D eigenvalue weighted by atomic mass is 16.6. The first-order chi connectivity index (χ1) is 15.7. The Kier molecular flexibility index (Phi) is 5.26. The van der Waals surface area contributed by atoms with Crippen LogP contribution in [0, 0.1) is 5.92 Å². The largest absolute Gasteiger partial charge is 0.504 e. The summed E-state index contributed by atoms with van der Waals surface area (Å²) in [5.41, 5.74) is 1.51. The molecule has 0 saturated carbocycles. The number of phenolic OH excluding ortho intramolecular Hbond substituents is 1. The number of aldehydes is 1. The molecule has 5 N–H and O–H groups in total. The Bertz CT molecular complexity index is 1010. The summed E-state index contributed by atoms with van der Waals surface area (Å²) in [7, 11) is 2.07. The highest BCUT2D eigenvalue weighted by Crippen LogP contribution is 2.62. The van der Waals surface area contributed by atoms with Gasteiger partial charge in [-0.25, -0.2) is 4.79 Å². The second-order valence-electron chi connectivity index (χ2n) is 9.39.